The van der Waals surface area contributed by atoms with Crippen molar-refractivity contribution in [1.29, 1.82) is 0 Å². The summed E-state index contributed by atoms with van der Waals surface area (Å²) in [5.74, 6) is -12.9. The number of sulfonamides is 1. The number of aromatic amines is 1. The van der Waals surface area contributed by atoms with E-state index in [0.717, 1.165) is 34.9 Å². The van der Waals surface area contributed by atoms with Gasteiger partial charge in [0.2, 0.25) is 57.3 Å². The molecule has 98 heavy (non-hydrogen) atoms. The molecule has 1 aromatic heterocycles. The Morgan fingerprint density at radius 1 is 0.520 bits per heavy atom. The van der Waals surface area contributed by atoms with E-state index in [1.54, 1.807) is 42.6 Å². The van der Waals surface area contributed by atoms with E-state index in [9.17, 15) is 85.7 Å². The topological polar surface area (TPSA) is 450 Å². The lowest BCUT2D eigenvalue weighted by Gasteiger charge is -2.26. The van der Waals surface area contributed by atoms with E-state index in [-0.39, 0.29) is 42.2 Å². The Morgan fingerprint density at radius 2 is 1.12 bits per heavy atom. The molecule has 30 heteroatoms. The van der Waals surface area contributed by atoms with Crippen molar-refractivity contribution >= 4 is 103 Å². The summed E-state index contributed by atoms with van der Waals surface area (Å²) in [6.45, 7) is 1.29. The highest BCUT2D eigenvalue weighted by Gasteiger charge is 2.34. The molecule has 0 aliphatic heterocycles. The number of nitrogens with two attached hydrogens (primary N) is 1. The fraction of sp³-hybridized carbons (Fsp3) is 0.382. The zero-order valence-corrected chi connectivity index (χ0v) is 54.7. The lowest BCUT2D eigenvalue weighted by molar-refractivity contribution is -0.140. The van der Waals surface area contributed by atoms with Gasteiger partial charge in [-0.05, 0) is 121 Å². The van der Waals surface area contributed by atoms with Crippen molar-refractivity contribution in [2.45, 2.75) is 151 Å². The molecule has 0 aliphatic rings. The molecule has 9 amide bonds. The largest absolute Gasteiger partial charge is 0.481 e. The summed E-state index contributed by atoms with van der Waals surface area (Å²) in [4.78, 5) is 160. The lowest BCUT2D eigenvalue weighted by atomic mass is 10.0. The molecule has 6 atom stereocenters. The highest BCUT2D eigenvalue weighted by atomic mass is 32.2. The van der Waals surface area contributed by atoms with Crippen molar-refractivity contribution in [2.75, 3.05) is 19.6 Å². The first-order chi connectivity index (χ1) is 46.8. The number of para-hydroxylation sites is 1. The summed E-state index contributed by atoms with van der Waals surface area (Å²) in [6, 6.07) is 21.0. The van der Waals surface area contributed by atoms with Gasteiger partial charge in [-0.3, -0.25) is 57.5 Å². The maximum atomic E-state index is 14.6. The number of carbonyl (C=O) groups excluding carboxylic acids is 9. The van der Waals surface area contributed by atoms with Crippen molar-refractivity contribution in [1.82, 2.24) is 52.2 Å². The number of unbranched alkanes of at least 4 members (excludes halogenated alkanes) is 3. The predicted molar refractivity (Wildman–Crippen MR) is 356 cm³/mol. The van der Waals surface area contributed by atoms with Crippen LogP contribution in [0.5, 0.6) is 0 Å². The quantitative estimate of drug-likeness (QED) is 0.0245. The van der Waals surface area contributed by atoms with E-state index < -0.39 is 162 Å². The Balaban J connectivity index is 1.07. The van der Waals surface area contributed by atoms with Crippen LogP contribution in [0.4, 0.5) is 4.39 Å². The van der Waals surface area contributed by atoms with E-state index in [2.05, 4.69) is 47.5 Å². The number of aromatic nitrogens is 1. The minimum absolute atomic E-state index is 0.00746. The number of halogens is 1. The fourth-order valence-corrected chi connectivity index (χ4v) is 11.8. The summed E-state index contributed by atoms with van der Waals surface area (Å²) in [6.07, 6.45) is 1.02. The van der Waals surface area contributed by atoms with Gasteiger partial charge in [-0.2, -0.15) is 4.72 Å². The Labute approximate surface area is 564 Å². The molecule has 0 fully saturated rings. The van der Waals surface area contributed by atoms with Crippen LogP contribution in [0.15, 0.2) is 126 Å². The molecule has 0 spiro atoms. The second-order valence-electron chi connectivity index (χ2n) is 23.4. The van der Waals surface area contributed by atoms with Crippen LogP contribution in [0.2, 0.25) is 0 Å². The standard InChI is InChI=1S/C68H82FN11O17S/c1-2-13-41-22-26-48(27-23-41)98(96,97)80-56(38-61(87)88)68(95)78-53(29-31-60(85)86)65(92)74-40-58(82)76-54(35-42-14-12-17-47(69)34-42)66(93)79-55(37-46-39-73-50-19-8-7-18-49(46)50)67(94)77-52(28-30-59(83)84)64(91)72-32-10-3-4-21-57(81)75-51(62(70)89)20-9-11-33-71-63(90)45-25-24-43-15-5-6-16-44(43)36-45/h5-8,12,14-19,22-27,34,36,39,51-56,73,80H,2-4,9-11,13,20-21,28-33,35,37-38,40H2,1H3,(H2,70,89)(H,71,90)(H,72,91)(H,74,92)(H,75,81)(H,76,82)(H,77,94)(H,78,95)(H,79,93)(H,83,84)(H,85,86)(H,87,88). The molecular weight excluding hydrogens is 1290 g/mol. The van der Waals surface area contributed by atoms with Crippen LogP contribution >= 0.6 is 0 Å². The highest BCUT2D eigenvalue weighted by molar-refractivity contribution is 7.89. The molecule has 15 N–H and O–H groups in total. The summed E-state index contributed by atoms with van der Waals surface area (Å²) < 4.78 is 43.4. The number of carbonyl (C=O) groups is 12. The van der Waals surface area contributed by atoms with Crippen LogP contribution in [0.1, 0.15) is 117 Å². The third kappa shape index (κ3) is 25.2. The van der Waals surface area contributed by atoms with Gasteiger partial charge in [0.25, 0.3) is 5.91 Å². The molecule has 28 nitrogen and oxygen atoms in total. The van der Waals surface area contributed by atoms with Gasteiger partial charge in [0.1, 0.15) is 42.1 Å². The average Bonchev–Trinajstić information content (AvgIpc) is 1.23. The molecule has 524 valence electrons. The number of nitrogens with one attached hydrogen (secondary N) is 10. The van der Waals surface area contributed by atoms with Gasteiger partial charge in [0.15, 0.2) is 0 Å². The van der Waals surface area contributed by atoms with Gasteiger partial charge < -0.3 is 68.6 Å². The number of carboxylic acids is 3. The number of primary amides is 1. The van der Waals surface area contributed by atoms with E-state index in [4.69, 9.17) is 5.73 Å². The number of fused-ring (bicyclic) bond motifs is 2. The molecule has 6 aromatic rings. The number of amides is 9. The lowest BCUT2D eigenvalue weighted by Crippen LogP contribution is -2.58. The second kappa shape index (κ2) is 38.2. The molecule has 5 aromatic carbocycles. The molecule has 6 unspecified atom stereocenters. The number of benzene rings is 5. The van der Waals surface area contributed by atoms with Gasteiger partial charge in [-0.1, -0.05) is 92.6 Å². The van der Waals surface area contributed by atoms with Crippen molar-refractivity contribution in [3.8, 4) is 0 Å². The minimum atomic E-state index is -4.56. The van der Waals surface area contributed by atoms with Crippen molar-refractivity contribution in [3.63, 3.8) is 0 Å². The number of rotatable bonds is 42. The van der Waals surface area contributed by atoms with Crippen molar-refractivity contribution in [3.05, 3.63) is 150 Å². The summed E-state index contributed by atoms with van der Waals surface area (Å²) in [7, 11) is -4.56. The van der Waals surface area contributed by atoms with E-state index in [0.29, 0.717) is 67.1 Å². The summed E-state index contributed by atoms with van der Waals surface area (Å²) in [5, 5.41) is 51.5. The average molecular weight is 1380 g/mol. The zero-order chi connectivity index (χ0) is 71.3. The van der Waals surface area contributed by atoms with Crippen LogP contribution in [0.25, 0.3) is 21.7 Å². The Bertz CT molecular complexity index is 3940. The smallest absolute Gasteiger partial charge is 0.305 e. The third-order valence-corrected chi connectivity index (χ3v) is 17.2. The van der Waals surface area contributed by atoms with E-state index in [1.807, 2.05) is 42.0 Å². The Morgan fingerprint density at radius 3 is 1.78 bits per heavy atom. The first-order valence-corrected chi connectivity index (χ1v) is 33.4. The van der Waals surface area contributed by atoms with Crippen molar-refractivity contribution < 1.29 is 85.7 Å². The van der Waals surface area contributed by atoms with Crippen LogP contribution < -0.4 is 53.0 Å². The number of aliphatic carboxylic acids is 3. The molecule has 6 rings (SSSR count). The van der Waals surface area contributed by atoms with Gasteiger partial charge in [-0.15, -0.1) is 0 Å². The first-order valence-electron chi connectivity index (χ1n) is 32.0. The number of aryl methyl sites for hydroxylation is 1. The summed E-state index contributed by atoms with van der Waals surface area (Å²) in [5.41, 5.74) is 8.20. The maximum absolute atomic E-state index is 14.6. The molecule has 0 saturated carbocycles. The fourth-order valence-electron chi connectivity index (χ4n) is 10.6. The van der Waals surface area contributed by atoms with Gasteiger partial charge in [-0.25, -0.2) is 12.8 Å². The van der Waals surface area contributed by atoms with Gasteiger partial charge >= 0.3 is 17.9 Å². The number of hydrogen-bond acceptors (Lipinski definition) is 14. The van der Waals surface area contributed by atoms with Crippen LogP contribution in [0.3, 0.4) is 0 Å². The normalized spacial score (nSPS) is 13.1. The maximum Gasteiger partial charge on any atom is 0.305 e. The Kier molecular flexibility index (Phi) is 29.8. The zero-order valence-electron chi connectivity index (χ0n) is 53.9. The van der Waals surface area contributed by atoms with Gasteiger partial charge in [0.05, 0.1) is 17.9 Å². The molecular formula is C68H82FN11O17S. The van der Waals surface area contributed by atoms with Crippen LogP contribution in [-0.2, 0) is 82.0 Å². The predicted octanol–water partition coefficient (Wildman–Crippen LogP) is 3.05. The molecule has 1 heterocycles. The van der Waals surface area contributed by atoms with E-state index >= 15 is 0 Å². The third-order valence-electron chi connectivity index (χ3n) is 15.7. The molecule has 0 aliphatic carbocycles. The highest BCUT2D eigenvalue weighted by Crippen LogP contribution is 2.21. The summed E-state index contributed by atoms with van der Waals surface area (Å²) >= 11 is 0. The van der Waals surface area contributed by atoms with Crippen LogP contribution in [-0.4, -0.2) is 156 Å². The molecule has 0 bridgehead atoms. The van der Waals surface area contributed by atoms with Crippen LogP contribution in [0, 0.1) is 5.82 Å². The SMILES string of the molecule is CCCc1ccc(S(=O)(=O)NC(CC(=O)O)C(=O)NC(CCC(=O)O)C(=O)NCC(=O)NC(Cc2cccc(F)c2)C(=O)NC(Cc2c[nH]c3ccccc23)C(=O)NC(CCC(=O)O)C(=O)NCCCCCC(=O)NC(CCCCNC(=O)c2ccc3ccccc3c2)C(N)=O)cc1. The number of hydrogen-bond donors (Lipinski definition) is 14. The van der Waals surface area contributed by atoms with Gasteiger partial charge in [0, 0.05) is 67.9 Å². The second-order valence-corrected chi connectivity index (χ2v) is 25.1. The van der Waals surface area contributed by atoms with E-state index in [1.165, 1.54) is 36.4 Å². The van der Waals surface area contributed by atoms with Crippen molar-refractivity contribution in [2.24, 2.45) is 5.73 Å². The minimum Gasteiger partial charge on any atom is -0.481 e. The first kappa shape index (κ1) is 76.4. The monoisotopic (exact) mass is 1380 g/mol. The molecule has 0 radical (unpaired) electrons. The number of H-pyrrole nitrogens is 1. The molecule has 0 saturated heterocycles. The number of carboxylic acid groups (broad SMARTS) is 3. The Hall–Kier alpha value is -10.6.